The van der Waals surface area contributed by atoms with Gasteiger partial charge in [-0.25, -0.2) is 0 Å². The van der Waals surface area contributed by atoms with Crippen LogP contribution in [0.3, 0.4) is 0 Å². The van der Waals surface area contributed by atoms with Gasteiger partial charge in [0.15, 0.2) is 11.5 Å². The Labute approximate surface area is 176 Å². The van der Waals surface area contributed by atoms with E-state index in [2.05, 4.69) is 11.9 Å². The molecule has 1 amide bonds. The molecule has 0 saturated heterocycles. The number of nitrogens with zero attached hydrogens (tertiary/aromatic N) is 1. The number of aryl methyl sites for hydroxylation is 1. The van der Waals surface area contributed by atoms with Crippen LogP contribution < -0.4 is 15.0 Å². The number of aromatic amines is 1. The standard InChI is InChI=1S/C24H28N2O4/c1-5-6-11-26(24(28)17-8-10-21(29-3)22(14-17)30-4)15-19-13-18-12-16(2)7-9-20(18)25-23(19)27/h7-10,12-14H,5-6,11,15H2,1-4H3,(H,25,27). The number of unbranched alkanes of at least 4 members (excludes halogenated alkanes) is 1. The minimum Gasteiger partial charge on any atom is -0.493 e. The maximum absolute atomic E-state index is 13.3. The maximum atomic E-state index is 13.3. The fourth-order valence-corrected chi connectivity index (χ4v) is 3.45. The molecular formula is C24H28N2O4. The second-order valence-corrected chi connectivity index (χ2v) is 7.36. The highest BCUT2D eigenvalue weighted by atomic mass is 16.5. The van der Waals surface area contributed by atoms with Crippen molar-refractivity contribution in [2.45, 2.75) is 33.2 Å². The van der Waals surface area contributed by atoms with Crippen LogP contribution in [-0.2, 0) is 6.54 Å². The fourth-order valence-electron chi connectivity index (χ4n) is 3.45. The largest absolute Gasteiger partial charge is 0.493 e. The average molecular weight is 408 g/mol. The Morgan fingerprint density at radius 1 is 1.03 bits per heavy atom. The predicted molar refractivity (Wildman–Crippen MR) is 119 cm³/mol. The summed E-state index contributed by atoms with van der Waals surface area (Å²) in [6.45, 7) is 4.89. The van der Waals surface area contributed by atoms with Gasteiger partial charge in [-0.2, -0.15) is 0 Å². The summed E-state index contributed by atoms with van der Waals surface area (Å²) in [6.07, 6.45) is 1.80. The number of pyridine rings is 1. The van der Waals surface area contributed by atoms with E-state index >= 15 is 0 Å². The van der Waals surface area contributed by atoms with E-state index in [1.807, 2.05) is 31.2 Å². The Kier molecular flexibility index (Phi) is 6.77. The van der Waals surface area contributed by atoms with Crippen molar-refractivity contribution in [1.82, 2.24) is 9.88 Å². The van der Waals surface area contributed by atoms with Crippen LogP contribution in [0.25, 0.3) is 10.9 Å². The summed E-state index contributed by atoms with van der Waals surface area (Å²) in [4.78, 5) is 30.6. The number of H-pyrrole nitrogens is 1. The first-order valence-corrected chi connectivity index (χ1v) is 10.1. The zero-order valence-corrected chi connectivity index (χ0v) is 18.0. The maximum Gasteiger partial charge on any atom is 0.254 e. The van der Waals surface area contributed by atoms with E-state index in [1.54, 1.807) is 30.2 Å². The molecular weight excluding hydrogens is 380 g/mol. The number of carbonyl (C=O) groups is 1. The molecule has 0 bridgehead atoms. The van der Waals surface area contributed by atoms with Crippen molar-refractivity contribution in [3.63, 3.8) is 0 Å². The minimum absolute atomic E-state index is 0.145. The Balaban J connectivity index is 1.94. The van der Waals surface area contributed by atoms with Crippen molar-refractivity contribution >= 4 is 16.8 Å². The molecule has 30 heavy (non-hydrogen) atoms. The summed E-state index contributed by atoms with van der Waals surface area (Å²) < 4.78 is 10.6. The minimum atomic E-state index is -0.173. The quantitative estimate of drug-likeness (QED) is 0.603. The van der Waals surface area contributed by atoms with Crippen LogP contribution in [0.1, 0.15) is 41.3 Å². The van der Waals surface area contributed by atoms with Crippen LogP contribution in [-0.4, -0.2) is 36.6 Å². The number of amides is 1. The lowest BCUT2D eigenvalue weighted by Crippen LogP contribution is -2.33. The Morgan fingerprint density at radius 2 is 1.80 bits per heavy atom. The van der Waals surface area contributed by atoms with Crippen molar-refractivity contribution in [3.05, 3.63) is 69.5 Å². The van der Waals surface area contributed by atoms with E-state index in [-0.39, 0.29) is 18.0 Å². The number of hydrogen-bond donors (Lipinski definition) is 1. The molecule has 0 aliphatic rings. The van der Waals surface area contributed by atoms with Gasteiger partial charge in [-0.3, -0.25) is 9.59 Å². The summed E-state index contributed by atoms with van der Waals surface area (Å²) in [5, 5.41) is 0.957. The molecule has 0 aliphatic carbocycles. The van der Waals surface area contributed by atoms with Crippen molar-refractivity contribution < 1.29 is 14.3 Å². The molecule has 1 heterocycles. The van der Waals surface area contributed by atoms with Gasteiger partial charge in [0, 0.05) is 23.2 Å². The average Bonchev–Trinajstić information content (AvgIpc) is 2.76. The molecule has 3 aromatic rings. The molecule has 6 heteroatoms. The molecule has 6 nitrogen and oxygen atoms in total. The van der Waals surface area contributed by atoms with Crippen LogP contribution in [0.5, 0.6) is 11.5 Å². The van der Waals surface area contributed by atoms with Gasteiger partial charge < -0.3 is 19.4 Å². The summed E-state index contributed by atoms with van der Waals surface area (Å²) in [7, 11) is 3.10. The van der Waals surface area contributed by atoms with Gasteiger partial charge in [-0.15, -0.1) is 0 Å². The summed E-state index contributed by atoms with van der Waals surface area (Å²) in [5.74, 6) is 0.918. The topological polar surface area (TPSA) is 71.6 Å². The lowest BCUT2D eigenvalue weighted by molar-refractivity contribution is 0.0740. The van der Waals surface area contributed by atoms with Gasteiger partial charge >= 0.3 is 0 Å². The molecule has 158 valence electrons. The fraction of sp³-hybridized carbons (Fsp3) is 0.333. The summed E-state index contributed by atoms with van der Waals surface area (Å²) in [5.41, 5.74) is 2.80. The monoisotopic (exact) mass is 408 g/mol. The molecule has 0 unspecified atom stereocenters. The molecule has 0 radical (unpaired) electrons. The van der Waals surface area contributed by atoms with Crippen LogP contribution in [0.2, 0.25) is 0 Å². The van der Waals surface area contributed by atoms with Crippen LogP contribution in [0.4, 0.5) is 0 Å². The smallest absolute Gasteiger partial charge is 0.254 e. The third-order valence-corrected chi connectivity index (χ3v) is 5.14. The summed E-state index contributed by atoms with van der Waals surface area (Å²) in [6, 6.07) is 12.9. The first-order valence-electron chi connectivity index (χ1n) is 10.1. The number of aromatic nitrogens is 1. The Morgan fingerprint density at radius 3 is 2.50 bits per heavy atom. The number of fused-ring (bicyclic) bond motifs is 1. The van der Waals surface area contributed by atoms with Gasteiger partial charge in [0.1, 0.15) is 0 Å². The number of hydrogen-bond acceptors (Lipinski definition) is 4. The highest BCUT2D eigenvalue weighted by Crippen LogP contribution is 2.28. The molecule has 0 atom stereocenters. The highest BCUT2D eigenvalue weighted by Gasteiger charge is 2.19. The molecule has 0 fully saturated rings. The zero-order chi connectivity index (χ0) is 21.7. The molecule has 2 aromatic carbocycles. The third kappa shape index (κ3) is 4.64. The molecule has 0 aliphatic heterocycles. The van der Waals surface area contributed by atoms with E-state index in [0.717, 1.165) is 29.3 Å². The number of methoxy groups -OCH3 is 2. The van der Waals surface area contributed by atoms with Crippen LogP contribution >= 0.6 is 0 Å². The molecule has 1 N–H and O–H groups in total. The third-order valence-electron chi connectivity index (χ3n) is 5.14. The Hall–Kier alpha value is -3.28. The molecule has 3 rings (SSSR count). The van der Waals surface area contributed by atoms with Crippen molar-refractivity contribution in [2.75, 3.05) is 20.8 Å². The normalized spacial score (nSPS) is 10.8. The molecule has 0 saturated carbocycles. The highest BCUT2D eigenvalue weighted by molar-refractivity contribution is 5.95. The van der Waals surface area contributed by atoms with Gasteiger partial charge in [0.2, 0.25) is 0 Å². The van der Waals surface area contributed by atoms with E-state index in [4.69, 9.17) is 9.47 Å². The lowest BCUT2D eigenvalue weighted by atomic mass is 10.1. The van der Waals surface area contributed by atoms with Crippen molar-refractivity contribution in [2.24, 2.45) is 0 Å². The zero-order valence-electron chi connectivity index (χ0n) is 18.0. The predicted octanol–water partition coefficient (Wildman–Crippen LogP) is 4.30. The molecule has 1 aromatic heterocycles. The number of rotatable bonds is 8. The first-order chi connectivity index (χ1) is 14.5. The number of carbonyl (C=O) groups excluding carboxylic acids is 1. The number of nitrogens with one attached hydrogen (secondary N) is 1. The Bertz CT molecular complexity index is 1100. The van der Waals surface area contributed by atoms with Gasteiger partial charge in [0.05, 0.1) is 20.8 Å². The second-order valence-electron chi connectivity index (χ2n) is 7.36. The van der Waals surface area contributed by atoms with E-state index in [1.165, 1.54) is 7.11 Å². The van der Waals surface area contributed by atoms with E-state index in [0.29, 0.717) is 29.2 Å². The SMILES string of the molecule is CCCCN(Cc1cc2cc(C)ccc2[nH]c1=O)C(=O)c1ccc(OC)c(OC)c1. The van der Waals surface area contributed by atoms with Crippen molar-refractivity contribution in [1.29, 1.82) is 0 Å². The van der Waals surface area contributed by atoms with Crippen LogP contribution in [0.15, 0.2) is 47.3 Å². The number of benzene rings is 2. The summed E-state index contributed by atoms with van der Waals surface area (Å²) >= 11 is 0. The van der Waals surface area contributed by atoms with Crippen molar-refractivity contribution in [3.8, 4) is 11.5 Å². The van der Waals surface area contributed by atoms with Gasteiger partial charge in [-0.05, 0) is 55.1 Å². The molecule has 0 spiro atoms. The number of ether oxygens (including phenoxy) is 2. The lowest BCUT2D eigenvalue weighted by Gasteiger charge is -2.23. The second kappa shape index (κ2) is 9.48. The van der Waals surface area contributed by atoms with Gasteiger partial charge in [-0.1, -0.05) is 25.0 Å². The van der Waals surface area contributed by atoms with E-state index < -0.39 is 0 Å². The van der Waals surface area contributed by atoms with Gasteiger partial charge in [0.25, 0.3) is 11.5 Å². The van der Waals surface area contributed by atoms with Crippen LogP contribution in [0, 0.1) is 6.92 Å². The first kappa shape index (κ1) is 21.4. The van der Waals surface area contributed by atoms with E-state index in [9.17, 15) is 9.59 Å².